The molecule has 0 aliphatic carbocycles. The monoisotopic (exact) mass is 449 g/mol. The molecule has 0 unspecified atom stereocenters. The van der Waals surface area contributed by atoms with Crippen LogP contribution in [0.15, 0.2) is 35.4 Å². The largest absolute Gasteiger partial charge is 0.485 e. The maximum Gasteiger partial charge on any atom is 0.277 e. The molecule has 0 saturated heterocycles. The topological polar surface area (TPSA) is 74.1 Å². The number of carbonyl (C=O) groups excluding carboxylic acids is 1. The second-order valence-corrected chi connectivity index (χ2v) is 6.74. The summed E-state index contributed by atoms with van der Waals surface area (Å²) in [6.07, 6.45) is 2.30. The minimum absolute atomic E-state index is 0.0317. The number of rotatable bonds is 5. The van der Waals surface area contributed by atoms with Crippen molar-refractivity contribution in [3.05, 3.63) is 80.2 Å². The van der Waals surface area contributed by atoms with E-state index in [4.69, 9.17) is 16.3 Å². The van der Waals surface area contributed by atoms with Crippen LogP contribution in [0.3, 0.4) is 0 Å². The van der Waals surface area contributed by atoms with Crippen molar-refractivity contribution in [3.63, 3.8) is 0 Å². The van der Waals surface area contributed by atoms with E-state index >= 15 is 0 Å². The molecule has 0 amide bonds. The lowest BCUT2D eigenvalue weighted by atomic mass is 10.1. The quantitative estimate of drug-likeness (QED) is 0.513. The van der Waals surface area contributed by atoms with Crippen LogP contribution in [0.25, 0.3) is 5.69 Å². The van der Waals surface area contributed by atoms with E-state index in [0.29, 0.717) is 28.7 Å². The minimum Gasteiger partial charge on any atom is -0.485 e. The second-order valence-electron chi connectivity index (χ2n) is 6.36. The SMILES string of the molecule is CC.CC(=O)c1cnc(C)c(-n2c(C)cc(OCc3ncc(F)cc3F)c(Cl)c2=O)c1. The summed E-state index contributed by atoms with van der Waals surface area (Å²) in [6, 6.07) is 3.76. The Morgan fingerprint density at radius 2 is 1.81 bits per heavy atom. The molecule has 3 rings (SSSR count). The molecule has 0 fully saturated rings. The number of nitrogens with zero attached hydrogens (tertiary/aromatic N) is 3. The normalized spacial score (nSPS) is 10.3. The summed E-state index contributed by atoms with van der Waals surface area (Å²) in [4.78, 5) is 32.3. The van der Waals surface area contributed by atoms with Crippen molar-refractivity contribution in [2.45, 2.75) is 41.2 Å². The Morgan fingerprint density at radius 3 is 2.42 bits per heavy atom. The number of carbonyl (C=O) groups is 1. The van der Waals surface area contributed by atoms with Crippen LogP contribution >= 0.6 is 11.6 Å². The van der Waals surface area contributed by atoms with Crippen molar-refractivity contribution >= 4 is 17.4 Å². The first-order valence-corrected chi connectivity index (χ1v) is 9.89. The van der Waals surface area contributed by atoms with Gasteiger partial charge in [-0.25, -0.2) is 8.78 Å². The summed E-state index contributed by atoms with van der Waals surface area (Å²) in [7, 11) is 0. The van der Waals surface area contributed by atoms with Crippen LogP contribution in [0.4, 0.5) is 8.78 Å². The van der Waals surface area contributed by atoms with Crippen LogP contribution in [-0.4, -0.2) is 20.3 Å². The first kappa shape index (κ1) is 24.1. The van der Waals surface area contributed by atoms with Gasteiger partial charge >= 0.3 is 0 Å². The zero-order valence-electron chi connectivity index (χ0n) is 17.8. The molecule has 0 aliphatic rings. The predicted octanol–water partition coefficient (Wildman–Crippen LogP) is 4.98. The van der Waals surface area contributed by atoms with Gasteiger partial charge in [0.15, 0.2) is 11.6 Å². The average molecular weight is 450 g/mol. The van der Waals surface area contributed by atoms with Crippen molar-refractivity contribution in [2.75, 3.05) is 0 Å². The molecule has 9 heteroatoms. The van der Waals surface area contributed by atoms with Crippen LogP contribution in [0.5, 0.6) is 5.75 Å². The number of hydrogen-bond acceptors (Lipinski definition) is 5. The number of ketones is 1. The van der Waals surface area contributed by atoms with Gasteiger partial charge in [0, 0.05) is 29.6 Å². The molecule has 164 valence electrons. The Bertz CT molecular complexity index is 1180. The number of pyridine rings is 3. The van der Waals surface area contributed by atoms with Crippen LogP contribution in [0.2, 0.25) is 5.02 Å². The van der Waals surface area contributed by atoms with Crippen LogP contribution in [0, 0.1) is 25.5 Å². The number of aromatic nitrogens is 3. The maximum absolute atomic E-state index is 13.7. The fraction of sp³-hybridized carbons (Fsp3) is 0.273. The Balaban J connectivity index is 0.00000166. The third-order valence-electron chi connectivity index (χ3n) is 4.26. The van der Waals surface area contributed by atoms with Gasteiger partial charge in [0.25, 0.3) is 5.56 Å². The maximum atomic E-state index is 13.7. The number of Topliss-reactive ketones (excluding diaryl/α,β-unsaturated/α-hetero) is 1. The molecule has 3 aromatic heterocycles. The molecule has 6 nitrogen and oxygen atoms in total. The Kier molecular flexibility index (Phi) is 7.99. The number of halogens is 3. The summed E-state index contributed by atoms with van der Waals surface area (Å²) >= 11 is 6.19. The summed E-state index contributed by atoms with van der Waals surface area (Å²) < 4.78 is 33.5. The summed E-state index contributed by atoms with van der Waals surface area (Å²) in [5.74, 6) is -1.83. The van der Waals surface area contributed by atoms with Gasteiger partial charge in [-0.2, -0.15) is 0 Å². The van der Waals surface area contributed by atoms with Gasteiger partial charge in [0.2, 0.25) is 0 Å². The number of aryl methyl sites for hydroxylation is 2. The smallest absolute Gasteiger partial charge is 0.277 e. The highest BCUT2D eigenvalue weighted by Crippen LogP contribution is 2.25. The van der Waals surface area contributed by atoms with E-state index in [1.807, 2.05) is 13.8 Å². The van der Waals surface area contributed by atoms with Gasteiger partial charge < -0.3 is 4.74 Å². The van der Waals surface area contributed by atoms with E-state index in [9.17, 15) is 18.4 Å². The molecule has 3 aromatic rings. The van der Waals surface area contributed by atoms with Gasteiger partial charge in [-0.15, -0.1) is 0 Å². The molecule has 0 atom stereocenters. The molecule has 31 heavy (non-hydrogen) atoms. The molecule has 0 bridgehead atoms. The molecular weight excluding hydrogens is 428 g/mol. The molecule has 0 aliphatic heterocycles. The molecule has 0 spiro atoms. The van der Waals surface area contributed by atoms with Crippen molar-refractivity contribution < 1.29 is 18.3 Å². The molecule has 0 aromatic carbocycles. The van der Waals surface area contributed by atoms with Crippen molar-refractivity contribution in [3.8, 4) is 11.4 Å². The van der Waals surface area contributed by atoms with E-state index < -0.39 is 17.2 Å². The molecule has 0 radical (unpaired) electrons. The second kappa shape index (κ2) is 10.3. The summed E-state index contributed by atoms with van der Waals surface area (Å²) in [5, 5.41) is -0.231. The lowest BCUT2D eigenvalue weighted by molar-refractivity contribution is 0.101. The fourth-order valence-electron chi connectivity index (χ4n) is 2.72. The third-order valence-corrected chi connectivity index (χ3v) is 4.60. The van der Waals surface area contributed by atoms with Crippen molar-refractivity contribution in [1.29, 1.82) is 0 Å². The number of ether oxygens (including phenoxy) is 1. The molecular formula is C22H22ClF2N3O3. The highest BCUT2D eigenvalue weighted by atomic mass is 35.5. The molecule has 0 saturated carbocycles. The van der Waals surface area contributed by atoms with Gasteiger partial charge in [0.05, 0.1) is 17.6 Å². The average Bonchev–Trinajstić information content (AvgIpc) is 2.73. The van der Waals surface area contributed by atoms with Gasteiger partial charge in [0.1, 0.15) is 28.9 Å². The summed E-state index contributed by atoms with van der Waals surface area (Å²) in [5.41, 5.74) is 1.06. The standard InChI is InChI=1S/C20H16ClF2N3O3.C2H6/c1-10-4-18(29-9-16-15(23)6-14(22)8-25-16)19(21)20(28)26(10)17-5-13(12(3)27)7-24-11(17)2;1-2/h4-8H,9H2,1-3H3;1-2H3. The highest BCUT2D eigenvalue weighted by molar-refractivity contribution is 6.31. The van der Waals surface area contributed by atoms with Crippen LogP contribution < -0.4 is 10.3 Å². The van der Waals surface area contributed by atoms with Gasteiger partial charge in [-0.05, 0) is 26.8 Å². The van der Waals surface area contributed by atoms with Gasteiger partial charge in [-0.3, -0.25) is 24.1 Å². The van der Waals surface area contributed by atoms with Crippen LogP contribution in [-0.2, 0) is 6.61 Å². The highest BCUT2D eigenvalue weighted by Gasteiger charge is 2.17. The number of hydrogen-bond donors (Lipinski definition) is 0. The first-order chi connectivity index (χ1) is 14.7. The third kappa shape index (κ3) is 5.32. The first-order valence-electron chi connectivity index (χ1n) is 9.52. The van der Waals surface area contributed by atoms with E-state index in [1.54, 1.807) is 19.9 Å². The van der Waals surface area contributed by atoms with E-state index in [2.05, 4.69) is 9.97 Å². The Morgan fingerprint density at radius 1 is 1.13 bits per heavy atom. The van der Waals surface area contributed by atoms with Crippen LogP contribution in [0.1, 0.15) is 48.2 Å². The zero-order chi connectivity index (χ0) is 23.3. The predicted molar refractivity (Wildman–Crippen MR) is 114 cm³/mol. The van der Waals surface area contributed by atoms with E-state index in [1.165, 1.54) is 23.8 Å². The Labute approximate surface area is 183 Å². The molecule has 3 heterocycles. The Hall–Kier alpha value is -3.13. The minimum atomic E-state index is -0.867. The lowest BCUT2D eigenvalue weighted by Gasteiger charge is -2.16. The van der Waals surface area contributed by atoms with Gasteiger partial charge in [-0.1, -0.05) is 25.4 Å². The fourth-order valence-corrected chi connectivity index (χ4v) is 2.92. The lowest BCUT2D eigenvalue weighted by Crippen LogP contribution is -2.23. The zero-order valence-corrected chi connectivity index (χ0v) is 18.6. The van der Waals surface area contributed by atoms with E-state index in [0.717, 1.165) is 6.20 Å². The van der Waals surface area contributed by atoms with E-state index in [-0.39, 0.29) is 28.9 Å². The van der Waals surface area contributed by atoms with Crippen molar-refractivity contribution in [1.82, 2.24) is 14.5 Å². The summed E-state index contributed by atoms with van der Waals surface area (Å²) in [6.45, 7) is 8.42. The molecule has 0 N–H and O–H groups in total. The van der Waals surface area contributed by atoms with Crippen molar-refractivity contribution in [2.24, 2.45) is 0 Å².